The second kappa shape index (κ2) is 8.75. The minimum atomic E-state index is -1.06. The molecule has 0 aliphatic carbocycles. The summed E-state index contributed by atoms with van der Waals surface area (Å²) in [5.74, 6) is 0.804. The minimum Gasteiger partial charge on any atom is -0.493 e. The molecule has 28 heavy (non-hydrogen) atoms. The number of ether oxygens (including phenoxy) is 3. The Morgan fingerprint density at radius 1 is 1.11 bits per heavy atom. The standard InChI is InChI=1S/C21H21NO5S/c1-13-9-14(2)11-15(10-13)26-7-8-27-19-16(5-4-6-18(19)25-3)20-22-17(12-28-20)21(23)24/h4-6,9-12H,7-8H2,1-3H3,(H,23,24). The Balaban J connectivity index is 1.74. The van der Waals surface area contributed by atoms with Gasteiger partial charge in [0.15, 0.2) is 17.2 Å². The van der Waals surface area contributed by atoms with Crippen LogP contribution in [-0.2, 0) is 0 Å². The van der Waals surface area contributed by atoms with E-state index in [2.05, 4.69) is 11.1 Å². The summed E-state index contributed by atoms with van der Waals surface area (Å²) in [6.07, 6.45) is 0. The normalized spacial score (nSPS) is 10.5. The van der Waals surface area contributed by atoms with Gasteiger partial charge >= 0.3 is 5.97 Å². The van der Waals surface area contributed by atoms with E-state index in [-0.39, 0.29) is 5.69 Å². The first-order chi connectivity index (χ1) is 13.5. The molecule has 0 radical (unpaired) electrons. The number of aromatic nitrogens is 1. The molecule has 146 valence electrons. The van der Waals surface area contributed by atoms with Crippen LogP contribution in [-0.4, -0.2) is 36.4 Å². The molecule has 2 aromatic carbocycles. The Kier molecular flexibility index (Phi) is 6.16. The van der Waals surface area contributed by atoms with E-state index >= 15 is 0 Å². The van der Waals surface area contributed by atoms with Gasteiger partial charge in [-0.3, -0.25) is 0 Å². The van der Waals surface area contributed by atoms with E-state index in [9.17, 15) is 4.79 Å². The number of rotatable bonds is 8. The highest BCUT2D eigenvalue weighted by Crippen LogP contribution is 2.39. The highest BCUT2D eigenvalue weighted by Gasteiger charge is 2.17. The zero-order chi connectivity index (χ0) is 20.1. The second-order valence-electron chi connectivity index (χ2n) is 6.20. The van der Waals surface area contributed by atoms with E-state index in [0.717, 1.165) is 16.9 Å². The van der Waals surface area contributed by atoms with Gasteiger partial charge in [-0.2, -0.15) is 0 Å². The van der Waals surface area contributed by atoms with E-state index in [0.29, 0.717) is 35.3 Å². The third-order valence-corrected chi connectivity index (χ3v) is 4.82. The zero-order valence-electron chi connectivity index (χ0n) is 15.9. The fourth-order valence-electron chi connectivity index (χ4n) is 2.81. The zero-order valence-corrected chi connectivity index (χ0v) is 16.7. The van der Waals surface area contributed by atoms with Gasteiger partial charge in [-0.05, 0) is 49.2 Å². The van der Waals surface area contributed by atoms with Crippen LogP contribution in [0.4, 0.5) is 0 Å². The first-order valence-electron chi connectivity index (χ1n) is 8.68. The number of aryl methyl sites for hydroxylation is 2. The predicted octanol–water partition coefficient (Wildman–Crippen LogP) is 4.59. The van der Waals surface area contributed by atoms with Gasteiger partial charge < -0.3 is 19.3 Å². The summed E-state index contributed by atoms with van der Waals surface area (Å²) in [4.78, 5) is 15.3. The lowest BCUT2D eigenvalue weighted by Crippen LogP contribution is -2.10. The van der Waals surface area contributed by atoms with Gasteiger partial charge in [-0.1, -0.05) is 12.1 Å². The molecule has 1 heterocycles. The summed E-state index contributed by atoms with van der Waals surface area (Å²) in [5, 5.41) is 11.2. The van der Waals surface area contributed by atoms with Crippen molar-refractivity contribution < 1.29 is 24.1 Å². The van der Waals surface area contributed by atoms with Crippen molar-refractivity contribution in [3.63, 3.8) is 0 Å². The maximum atomic E-state index is 11.1. The number of benzene rings is 2. The van der Waals surface area contributed by atoms with Gasteiger partial charge in [0.2, 0.25) is 0 Å². The van der Waals surface area contributed by atoms with Crippen LogP contribution in [0.25, 0.3) is 10.6 Å². The van der Waals surface area contributed by atoms with Gasteiger partial charge in [0, 0.05) is 5.38 Å². The summed E-state index contributed by atoms with van der Waals surface area (Å²) in [6, 6.07) is 11.5. The number of hydrogen-bond acceptors (Lipinski definition) is 6. The molecule has 3 rings (SSSR count). The van der Waals surface area contributed by atoms with Crippen LogP contribution in [0.15, 0.2) is 41.8 Å². The van der Waals surface area contributed by atoms with Gasteiger partial charge in [0.25, 0.3) is 0 Å². The van der Waals surface area contributed by atoms with E-state index in [1.165, 1.54) is 16.7 Å². The molecular weight excluding hydrogens is 378 g/mol. The number of methoxy groups -OCH3 is 1. The van der Waals surface area contributed by atoms with E-state index < -0.39 is 5.97 Å². The van der Waals surface area contributed by atoms with E-state index in [4.69, 9.17) is 19.3 Å². The quantitative estimate of drug-likeness (QED) is 0.558. The largest absolute Gasteiger partial charge is 0.493 e. The monoisotopic (exact) mass is 399 g/mol. The average Bonchev–Trinajstić information content (AvgIpc) is 3.14. The van der Waals surface area contributed by atoms with E-state index in [1.807, 2.05) is 38.1 Å². The highest BCUT2D eigenvalue weighted by atomic mass is 32.1. The third kappa shape index (κ3) is 4.61. The molecule has 0 amide bonds. The number of carboxylic acids is 1. The summed E-state index contributed by atoms with van der Waals surface area (Å²) >= 11 is 1.24. The van der Waals surface area contributed by atoms with E-state index in [1.54, 1.807) is 13.2 Å². The Morgan fingerprint density at radius 3 is 2.46 bits per heavy atom. The number of para-hydroxylation sites is 1. The van der Waals surface area contributed by atoms with Gasteiger partial charge in [0.05, 0.1) is 12.7 Å². The Hall–Kier alpha value is -3.06. The topological polar surface area (TPSA) is 77.9 Å². The predicted molar refractivity (Wildman–Crippen MR) is 108 cm³/mol. The number of carbonyl (C=O) groups is 1. The van der Waals surface area contributed by atoms with Crippen molar-refractivity contribution in [3.05, 3.63) is 58.6 Å². The number of hydrogen-bond donors (Lipinski definition) is 1. The molecule has 0 spiro atoms. The molecular formula is C21H21NO5S. The van der Waals surface area contributed by atoms with Crippen LogP contribution in [0.5, 0.6) is 17.2 Å². The molecule has 7 heteroatoms. The van der Waals surface area contributed by atoms with Gasteiger partial charge in [-0.15, -0.1) is 11.3 Å². The van der Waals surface area contributed by atoms with Crippen molar-refractivity contribution in [2.75, 3.05) is 20.3 Å². The first kappa shape index (κ1) is 19.7. The summed E-state index contributed by atoms with van der Waals surface area (Å²) in [7, 11) is 1.56. The summed E-state index contributed by atoms with van der Waals surface area (Å²) in [5.41, 5.74) is 2.97. The number of aromatic carboxylic acids is 1. The molecule has 0 saturated carbocycles. The summed E-state index contributed by atoms with van der Waals surface area (Å²) < 4.78 is 17.1. The first-order valence-corrected chi connectivity index (χ1v) is 9.56. The van der Waals surface area contributed by atoms with Crippen molar-refractivity contribution in [3.8, 4) is 27.8 Å². The molecule has 0 fully saturated rings. The minimum absolute atomic E-state index is 0.00641. The maximum Gasteiger partial charge on any atom is 0.355 e. The van der Waals surface area contributed by atoms with Crippen molar-refractivity contribution >= 4 is 17.3 Å². The van der Waals surface area contributed by atoms with Crippen LogP contribution < -0.4 is 14.2 Å². The molecule has 0 bridgehead atoms. The Morgan fingerprint density at radius 2 is 1.82 bits per heavy atom. The molecule has 0 atom stereocenters. The van der Waals surface area contributed by atoms with Crippen LogP contribution in [0.3, 0.4) is 0 Å². The molecule has 6 nitrogen and oxygen atoms in total. The average molecular weight is 399 g/mol. The Bertz CT molecular complexity index is 962. The lowest BCUT2D eigenvalue weighted by molar-refractivity contribution is 0.0691. The lowest BCUT2D eigenvalue weighted by Gasteiger charge is -2.14. The number of nitrogens with zero attached hydrogens (tertiary/aromatic N) is 1. The van der Waals surface area contributed by atoms with Gasteiger partial charge in [0.1, 0.15) is 24.0 Å². The molecule has 0 saturated heterocycles. The van der Waals surface area contributed by atoms with Gasteiger partial charge in [-0.25, -0.2) is 9.78 Å². The molecule has 0 aliphatic heterocycles. The highest BCUT2D eigenvalue weighted by molar-refractivity contribution is 7.13. The number of thiazole rings is 1. The maximum absolute atomic E-state index is 11.1. The molecule has 0 aliphatic rings. The van der Waals surface area contributed by atoms with Crippen LogP contribution in [0.2, 0.25) is 0 Å². The molecule has 1 N–H and O–H groups in total. The molecule has 1 aromatic heterocycles. The third-order valence-electron chi connectivity index (χ3n) is 3.95. The fourth-order valence-corrected chi connectivity index (χ4v) is 3.62. The van der Waals surface area contributed by atoms with Crippen LogP contribution >= 0.6 is 11.3 Å². The fraction of sp³-hybridized carbons (Fsp3) is 0.238. The smallest absolute Gasteiger partial charge is 0.355 e. The Labute approximate surface area is 167 Å². The van der Waals surface area contributed by atoms with Crippen molar-refractivity contribution in [2.24, 2.45) is 0 Å². The van der Waals surface area contributed by atoms with Crippen molar-refractivity contribution in [1.29, 1.82) is 0 Å². The van der Waals surface area contributed by atoms with Crippen molar-refractivity contribution in [2.45, 2.75) is 13.8 Å². The van der Waals surface area contributed by atoms with Crippen molar-refractivity contribution in [1.82, 2.24) is 4.98 Å². The van der Waals surface area contributed by atoms with Crippen LogP contribution in [0, 0.1) is 13.8 Å². The SMILES string of the molecule is COc1cccc(-c2nc(C(=O)O)cs2)c1OCCOc1cc(C)cc(C)c1. The molecule has 0 unspecified atom stereocenters. The van der Waals surface area contributed by atoms with Crippen LogP contribution in [0.1, 0.15) is 21.6 Å². The lowest BCUT2D eigenvalue weighted by atomic mass is 10.1. The summed E-state index contributed by atoms with van der Waals surface area (Å²) in [6.45, 7) is 4.71. The molecule has 3 aromatic rings. The second-order valence-corrected chi connectivity index (χ2v) is 7.06. The number of carboxylic acid groups (broad SMARTS) is 1.